The van der Waals surface area contributed by atoms with Crippen LogP contribution in [0.2, 0.25) is 0 Å². The summed E-state index contributed by atoms with van der Waals surface area (Å²) in [5.41, 5.74) is 0.848. The van der Waals surface area contributed by atoms with Crippen molar-refractivity contribution < 1.29 is 19.4 Å². The predicted octanol–water partition coefficient (Wildman–Crippen LogP) is 1.77. The number of hydrogen-bond acceptors (Lipinski definition) is 3. The zero-order chi connectivity index (χ0) is 11.3. The van der Waals surface area contributed by atoms with Crippen LogP contribution in [0.5, 0.6) is 5.75 Å². The number of aliphatic carboxylic acids is 1. The van der Waals surface area contributed by atoms with Gasteiger partial charge in [-0.2, -0.15) is 0 Å². The number of rotatable bonds is 4. The summed E-state index contributed by atoms with van der Waals surface area (Å²) in [6.45, 7) is 1.82. The molecule has 15 heavy (non-hydrogen) atoms. The van der Waals surface area contributed by atoms with Crippen molar-refractivity contribution in [3.63, 3.8) is 0 Å². The van der Waals surface area contributed by atoms with E-state index in [-0.39, 0.29) is 12.8 Å². The lowest BCUT2D eigenvalue weighted by Gasteiger charge is -2.05. The summed E-state index contributed by atoms with van der Waals surface area (Å²) < 4.78 is 4.99. The fourth-order valence-electron chi connectivity index (χ4n) is 1.05. The van der Waals surface area contributed by atoms with Crippen molar-refractivity contribution >= 4 is 11.9 Å². The second-order valence-electron chi connectivity index (χ2n) is 3.13. The Bertz CT molecular complexity index is 371. The molecule has 1 aromatic rings. The number of para-hydroxylation sites is 1. The summed E-state index contributed by atoms with van der Waals surface area (Å²) in [7, 11) is 0. The van der Waals surface area contributed by atoms with Gasteiger partial charge in [-0.1, -0.05) is 18.2 Å². The number of ether oxygens (including phenoxy) is 1. The van der Waals surface area contributed by atoms with Crippen molar-refractivity contribution in [3.05, 3.63) is 29.8 Å². The van der Waals surface area contributed by atoms with Crippen LogP contribution in [-0.4, -0.2) is 17.0 Å². The van der Waals surface area contributed by atoms with Gasteiger partial charge in [0.05, 0.1) is 12.8 Å². The minimum absolute atomic E-state index is 0.107. The van der Waals surface area contributed by atoms with E-state index in [0.29, 0.717) is 5.75 Å². The smallest absolute Gasteiger partial charge is 0.311 e. The van der Waals surface area contributed by atoms with Gasteiger partial charge in [-0.3, -0.25) is 9.59 Å². The van der Waals surface area contributed by atoms with E-state index in [1.54, 1.807) is 12.1 Å². The number of aryl methyl sites for hydroxylation is 1. The van der Waals surface area contributed by atoms with Gasteiger partial charge < -0.3 is 9.84 Å². The molecular weight excluding hydrogens is 196 g/mol. The maximum atomic E-state index is 11.2. The van der Waals surface area contributed by atoms with Gasteiger partial charge >= 0.3 is 11.9 Å². The fraction of sp³-hybridized carbons (Fsp3) is 0.273. The van der Waals surface area contributed by atoms with Crippen LogP contribution in [0.4, 0.5) is 0 Å². The summed E-state index contributed by atoms with van der Waals surface area (Å²) in [5, 5.41) is 8.38. The number of carboxylic acids is 1. The molecule has 0 unspecified atom stereocenters. The third-order valence-electron chi connectivity index (χ3n) is 1.86. The molecule has 0 radical (unpaired) electrons. The van der Waals surface area contributed by atoms with Crippen LogP contribution in [-0.2, 0) is 9.59 Å². The topological polar surface area (TPSA) is 63.6 Å². The number of carboxylic acid groups (broad SMARTS) is 1. The van der Waals surface area contributed by atoms with Crippen molar-refractivity contribution in [3.8, 4) is 5.75 Å². The molecule has 0 aromatic heterocycles. The van der Waals surface area contributed by atoms with E-state index in [4.69, 9.17) is 9.84 Å². The first kappa shape index (κ1) is 11.2. The molecule has 0 heterocycles. The average molecular weight is 208 g/mol. The Morgan fingerprint density at radius 3 is 2.53 bits per heavy atom. The van der Waals surface area contributed by atoms with E-state index in [0.717, 1.165) is 5.56 Å². The average Bonchev–Trinajstić information content (AvgIpc) is 2.18. The Morgan fingerprint density at radius 1 is 1.27 bits per heavy atom. The maximum Gasteiger partial charge on any atom is 0.311 e. The van der Waals surface area contributed by atoms with Crippen LogP contribution in [0.15, 0.2) is 24.3 Å². The molecule has 0 atom stereocenters. The van der Waals surface area contributed by atoms with E-state index in [1.165, 1.54) is 0 Å². The standard InChI is InChI=1S/C11H12O4/c1-8-4-2-3-5-9(8)15-11(14)7-6-10(12)13/h2-5H,6-7H2,1H3,(H,12,13). The molecular formula is C11H12O4. The molecule has 80 valence electrons. The zero-order valence-electron chi connectivity index (χ0n) is 8.40. The molecule has 0 aliphatic rings. The molecule has 0 bridgehead atoms. The molecule has 1 aromatic carbocycles. The second-order valence-corrected chi connectivity index (χ2v) is 3.13. The quantitative estimate of drug-likeness (QED) is 0.605. The van der Waals surface area contributed by atoms with Crippen molar-refractivity contribution in [1.29, 1.82) is 0 Å². The Morgan fingerprint density at radius 2 is 1.93 bits per heavy atom. The monoisotopic (exact) mass is 208 g/mol. The third kappa shape index (κ3) is 3.81. The molecule has 0 aliphatic heterocycles. The molecule has 0 fully saturated rings. The highest BCUT2D eigenvalue weighted by atomic mass is 16.5. The fourth-order valence-corrected chi connectivity index (χ4v) is 1.05. The first-order chi connectivity index (χ1) is 7.09. The van der Waals surface area contributed by atoms with Crippen LogP contribution in [0.1, 0.15) is 18.4 Å². The Labute approximate surface area is 87.5 Å². The van der Waals surface area contributed by atoms with Gasteiger partial charge in [0.2, 0.25) is 0 Å². The predicted molar refractivity (Wildman–Crippen MR) is 53.7 cm³/mol. The van der Waals surface area contributed by atoms with Gasteiger partial charge in [0, 0.05) is 0 Å². The maximum absolute atomic E-state index is 11.2. The van der Waals surface area contributed by atoms with Crippen molar-refractivity contribution in [1.82, 2.24) is 0 Å². The first-order valence-electron chi connectivity index (χ1n) is 4.57. The molecule has 0 amide bonds. The molecule has 0 spiro atoms. The highest BCUT2D eigenvalue weighted by Crippen LogP contribution is 2.16. The van der Waals surface area contributed by atoms with Crippen LogP contribution in [0, 0.1) is 6.92 Å². The minimum atomic E-state index is -1.00. The lowest BCUT2D eigenvalue weighted by molar-refractivity contribution is -0.142. The van der Waals surface area contributed by atoms with Gasteiger partial charge in [0.25, 0.3) is 0 Å². The lowest BCUT2D eigenvalue weighted by Crippen LogP contribution is -2.10. The third-order valence-corrected chi connectivity index (χ3v) is 1.86. The molecule has 1 N–H and O–H groups in total. The van der Waals surface area contributed by atoms with Crippen LogP contribution in [0.3, 0.4) is 0 Å². The van der Waals surface area contributed by atoms with Gasteiger partial charge in [-0.25, -0.2) is 0 Å². The molecule has 0 saturated carbocycles. The molecule has 0 saturated heterocycles. The van der Waals surface area contributed by atoms with Crippen molar-refractivity contribution in [2.45, 2.75) is 19.8 Å². The van der Waals surface area contributed by atoms with Gasteiger partial charge in [0.15, 0.2) is 0 Å². The SMILES string of the molecule is Cc1ccccc1OC(=O)CCC(=O)O. The van der Waals surface area contributed by atoms with E-state index < -0.39 is 11.9 Å². The van der Waals surface area contributed by atoms with Gasteiger partial charge in [-0.15, -0.1) is 0 Å². The van der Waals surface area contributed by atoms with Crippen molar-refractivity contribution in [2.24, 2.45) is 0 Å². The number of carbonyl (C=O) groups is 2. The van der Waals surface area contributed by atoms with E-state index >= 15 is 0 Å². The summed E-state index contributed by atoms with van der Waals surface area (Å²) in [4.78, 5) is 21.4. The summed E-state index contributed by atoms with van der Waals surface area (Å²) in [6.07, 6.45) is -0.311. The van der Waals surface area contributed by atoms with E-state index in [1.807, 2.05) is 19.1 Å². The number of esters is 1. The van der Waals surface area contributed by atoms with Crippen molar-refractivity contribution in [2.75, 3.05) is 0 Å². The lowest BCUT2D eigenvalue weighted by atomic mass is 10.2. The highest BCUT2D eigenvalue weighted by Gasteiger charge is 2.08. The first-order valence-corrected chi connectivity index (χ1v) is 4.57. The second kappa shape index (κ2) is 5.14. The Balaban J connectivity index is 2.52. The number of benzene rings is 1. The van der Waals surface area contributed by atoms with E-state index in [9.17, 15) is 9.59 Å². The zero-order valence-corrected chi connectivity index (χ0v) is 8.40. The molecule has 4 nitrogen and oxygen atoms in total. The summed E-state index contributed by atoms with van der Waals surface area (Å²) in [5.74, 6) is -1.05. The van der Waals surface area contributed by atoms with Crippen LogP contribution in [0.25, 0.3) is 0 Å². The van der Waals surface area contributed by atoms with Gasteiger partial charge in [0.1, 0.15) is 5.75 Å². The van der Waals surface area contributed by atoms with E-state index in [2.05, 4.69) is 0 Å². The molecule has 4 heteroatoms. The highest BCUT2D eigenvalue weighted by molar-refractivity contribution is 5.78. The normalized spacial score (nSPS) is 9.67. The minimum Gasteiger partial charge on any atom is -0.481 e. The molecule has 0 aliphatic carbocycles. The Kier molecular flexibility index (Phi) is 3.85. The summed E-state index contributed by atoms with van der Waals surface area (Å²) in [6, 6.07) is 7.09. The van der Waals surface area contributed by atoms with Crippen LogP contribution >= 0.6 is 0 Å². The number of carbonyl (C=O) groups excluding carboxylic acids is 1. The largest absolute Gasteiger partial charge is 0.481 e. The van der Waals surface area contributed by atoms with Crippen LogP contribution < -0.4 is 4.74 Å². The Hall–Kier alpha value is -1.84. The summed E-state index contributed by atoms with van der Waals surface area (Å²) >= 11 is 0. The number of hydrogen-bond donors (Lipinski definition) is 1. The van der Waals surface area contributed by atoms with Gasteiger partial charge in [-0.05, 0) is 18.6 Å². The molecule has 1 rings (SSSR count).